The van der Waals surface area contributed by atoms with Crippen LogP contribution in [0.25, 0.3) is 0 Å². The fraction of sp³-hybridized carbons (Fsp3) is 0.677. The summed E-state index contributed by atoms with van der Waals surface area (Å²) in [7, 11) is 0. The van der Waals surface area contributed by atoms with Crippen molar-refractivity contribution in [2.75, 3.05) is 0 Å². The minimum absolute atomic E-state index is 0.663. The van der Waals surface area contributed by atoms with E-state index in [1.807, 2.05) is 0 Å². The summed E-state index contributed by atoms with van der Waals surface area (Å²) in [6.45, 7) is 11.1. The van der Waals surface area contributed by atoms with Crippen molar-refractivity contribution in [3.05, 3.63) is 56.4 Å². The second-order valence-electron chi connectivity index (χ2n) is 12.1. The quantitative estimate of drug-likeness (QED) is 0.477. The molecule has 2 unspecified atom stereocenters. The summed E-state index contributed by atoms with van der Waals surface area (Å²) in [5, 5.41) is 0. The van der Waals surface area contributed by atoms with Crippen LogP contribution in [-0.2, 0) is 51.5 Å². The van der Waals surface area contributed by atoms with Crippen LogP contribution in [-0.4, -0.2) is 4.57 Å². The Morgan fingerprint density at radius 3 is 2.22 bits per heavy atom. The van der Waals surface area contributed by atoms with Crippen molar-refractivity contribution in [2.24, 2.45) is 11.8 Å². The highest BCUT2D eigenvalue weighted by molar-refractivity contribution is 5.51. The normalized spacial score (nSPS) is 24.4. The van der Waals surface area contributed by atoms with Gasteiger partial charge in [-0.15, -0.1) is 0 Å². The lowest BCUT2D eigenvalue weighted by atomic mass is 9.68. The Kier molecular flexibility index (Phi) is 5.31. The first-order valence-electron chi connectivity index (χ1n) is 13.9. The van der Waals surface area contributed by atoms with Crippen LogP contribution in [0.1, 0.15) is 122 Å². The van der Waals surface area contributed by atoms with Crippen LogP contribution in [0.15, 0.2) is 6.07 Å². The third-order valence-corrected chi connectivity index (χ3v) is 9.60. The molecular formula is C31H43N. The predicted octanol–water partition coefficient (Wildman–Crippen LogP) is 7.47. The molecule has 4 aliphatic rings. The minimum atomic E-state index is 0.663. The summed E-state index contributed by atoms with van der Waals surface area (Å²) in [5.74, 6) is 3.13. The van der Waals surface area contributed by atoms with E-state index in [0.717, 1.165) is 11.8 Å². The summed E-state index contributed by atoms with van der Waals surface area (Å²) in [6.07, 6.45) is 16.4. The Bertz CT molecular complexity index is 1030. The summed E-state index contributed by atoms with van der Waals surface area (Å²) >= 11 is 0. The van der Waals surface area contributed by atoms with Crippen LogP contribution in [0.5, 0.6) is 0 Å². The predicted molar refractivity (Wildman–Crippen MR) is 135 cm³/mol. The molecule has 2 heterocycles. The van der Waals surface area contributed by atoms with Crippen molar-refractivity contribution < 1.29 is 0 Å². The van der Waals surface area contributed by atoms with Gasteiger partial charge in [-0.1, -0.05) is 33.8 Å². The lowest BCUT2D eigenvalue weighted by Crippen LogP contribution is -2.29. The first-order chi connectivity index (χ1) is 15.5. The Balaban J connectivity index is 1.32. The molecular weight excluding hydrogens is 386 g/mol. The molecule has 1 heteroatoms. The Morgan fingerprint density at radius 2 is 1.44 bits per heavy atom. The third-order valence-electron chi connectivity index (χ3n) is 9.60. The molecule has 1 aromatic carbocycles. The fourth-order valence-electron chi connectivity index (χ4n) is 8.34. The van der Waals surface area contributed by atoms with Crippen LogP contribution < -0.4 is 0 Å². The highest BCUT2D eigenvalue weighted by atomic mass is 15.0. The molecule has 0 bridgehead atoms. The molecule has 1 aromatic heterocycles. The SMILES string of the molecule is CC(C)c1c2c(cc3c1CC(C1CCc4c(c(C(C)C)n5c4CCCC5)C1)CC3)CCC2. The van der Waals surface area contributed by atoms with E-state index < -0.39 is 0 Å². The van der Waals surface area contributed by atoms with E-state index in [2.05, 4.69) is 38.3 Å². The Morgan fingerprint density at radius 1 is 0.688 bits per heavy atom. The average Bonchev–Trinajstić information content (AvgIpc) is 3.38. The van der Waals surface area contributed by atoms with Gasteiger partial charge >= 0.3 is 0 Å². The zero-order valence-corrected chi connectivity index (χ0v) is 21.0. The number of benzene rings is 1. The van der Waals surface area contributed by atoms with Crippen molar-refractivity contribution >= 4 is 0 Å². The fourth-order valence-corrected chi connectivity index (χ4v) is 8.34. The molecule has 0 saturated heterocycles. The van der Waals surface area contributed by atoms with Gasteiger partial charge in [-0.25, -0.2) is 0 Å². The van der Waals surface area contributed by atoms with Gasteiger partial charge in [0.15, 0.2) is 0 Å². The van der Waals surface area contributed by atoms with Crippen LogP contribution >= 0.6 is 0 Å². The van der Waals surface area contributed by atoms with Gasteiger partial charge < -0.3 is 4.57 Å². The van der Waals surface area contributed by atoms with E-state index >= 15 is 0 Å². The van der Waals surface area contributed by atoms with Crippen molar-refractivity contribution in [2.45, 2.75) is 123 Å². The van der Waals surface area contributed by atoms with Gasteiger partial charge in [0.2, 0.25) is 0 Å². The first kappa shape index (κ1) is 21.1. The van der Waals surface area contributed by atoms with Gasteiger partial charge in [0, 0.05) is 17.9 Å². The number of aryl methyl sites for hydroxylation is 2. The minimum Gasteiger partial charge on any atom is -0.348 e. The highest BCUT2D eigenvalue weighted by Crippen LogP contribution is 2.45. The van der Waals surface area contributed by atoms with Gasteiger partial charge in [0.1, 0.15) is 0 Å². The lowest BCUT2D eigenvalue weighted by Gasteiger charge is -2.36. The molecule has 0 saturated carbocycles. The van der Waals surface area contributed by atoms with Gasteiger partial charge in [0.25, 0.3) is 0 Å². The summed E-state index contributed by atoms with van der Waals surface area (Å²) in [4.78, 5) is 0. The average molecular weight is 430 g/mol. The van der Waals surface area contributed by atoms with Crippen LogP contribution in [0.2, 0.25) is 0 Å². The van der Waals surface area contributed by atoms with E-state index in [0.29, 0.717) is 11.8 Å². The molecule has 0 fully saturated rings. The number of rotatable bonds is 3. The van der Waals surface area contributed by atoms with Gasteiger partial charge in [-0.05, 0) is 140 Å². The van der Waals surface area contributed by atoms with Crippen molar-refractivity contribution in [3.63, 3.8) is 0 Å². The zero-order chi connectivity index (χ0) is 22.0. The maximum atomic E-state index is 2.78. The van der Waals surface area contributed by atoms with Gasteiger partial charge in [0.05, 0.1) is 0 Å². The van der Waals surface area contributed by atoms with Crippen molar-refractivity contribution in [1.82, 2.24) is 4.57 Å². The number of fused-ring (bicyclic) bond motifs is 5. The molecule has 0 amide bonds. The molecule has 3 aliphatic carbocycles. The molecule has 0 spiro atoms. The third kappa shape index (κ3) is 3.24. The van der Waals surface area contributed by atoms with Crippen molar-refractivity contribution in [3.8, 4) is 0 Å². The summed E-state index contributed by atoms with van der Waals surface area (Å²) in [5.41, 5.74) is 15.8. The second-order valence-corrected chi connectivity index (χ2v) is 12.1. The smallest absolute Gasteiger partial charge is 0.0238 e. The Labute approximate surface area is 196 Å². The van der Waals surface area contributed by atoms with Crippen molar-refractivity contribution in [1.29, 1.82) is 0 Å². The Hall–Kier alpha value is -1.50. The molecule has 172 valence electrons. The van der Waals surface area contributed by atoms with Crippen LogP contribution in [0, 0.1) is 11.8 Å². The molecule has 1 nitrogen and oxygen atoms in total. The molecule has 2 atom stereocenters. The summed E-state index contributed by atoms with van der Waals surface area (Å²) in [6, 6.07) is 2.64. The summed E-state index contributed by atoms with van der Waals surface area (Å²) < 4.78 is 2.78. The van der Waals surface area contributed by atoms with Gasteiger partial charge in [-0.3, -0.25) is 0 Å². The monoisotopic (exact) mass is 429 g/mol. The lowest BCUT2D eigenvalue weighted by molar-refractivity contribution is 0.269. The van der Waals surface area contributed by atoms with Gasteiger partial charge in [-0.2, -0.15) is 0 Å². The zero-order valence-electron chi connectivity index (χ0n) is 21.0. The van der Waals surface area contributed by atoms with E-state index in [1.165, 1.54) is 83.6 Å². The first-order valence-corrected chi connectivity index (χ1v) is 13.9. The molecule has 0 radical (unpaired) electrons. The molecule has 6 rings (SSSR count). The largest absolute Gasteiger partial charge is 0.348 e. The molecule has 0 N–H and O–H groups in total. The topological polar surface area (TPSA) is 4.93 Å². The molecule has 1 aliphatic heterocycles. The maximum absolute atomic E-state index is 2.78. The van der Waals surface area contributed by atoms with Crippen LogP contribution in [0.3, 0.4) is 0 Å². The maximum Gasteiger partial charge on any atom is 0.0238 e. The number of aromatic nitrogens is 1. The van der Waals surface area contributed by atoms with E-state index in [4.69, 9.17) is 0 Å². The highest BCUT2D eigenvalue weighted by Gasteiger charge is 2.36. The number of hydrogen-bond donors (Lipinski definition) is 0. The number of nitrogens with zero attached hydrogens (tertiary/aromatic N) is 1. The van der Waals surface area contributed by atoms with Crippen LogP contribution in [0.4, 0.5) is 0 Å². The number of hydrogen-bond acceptors (Lipinski definition) is 0. The van der Waals surface area contributed by atoms with E-state index in [9.17, 15) is 0 Å². The van der Waals surface area contributed by atoms with E-state index in [1.54, 1.807) is 50.3 Å². The second kappa shape index (κ2) is 8.07. The molecule has 32 heavy (non-hydrogen) atoms. The molecule has 2 aromatic rings. The van der Waals surface area contributed by atoms with E-state index in [-0.39, 0.29) is 0 Å². The standard InChI is InChI=1S/C31H43N/c1-19(2)30-25-9-7-8-23(25)16-24-12-11-21(17-27(24)30)22-13-14-26-28(18-22)31(20(3)4)32-15-6-5-10-29(26)32/h16,19-22H,5-15,17-18H2,1-4H3.